The number of anilines is 1. The summed E-state index contributed by atoms with van der Waals surface area (Å²) < 4.78 is 40.9. The standard InChI is InChI=1S/C37H40F2N2O5Si/c1-37(2,3)47(4,5)46-33(26-11-13-27(38)14-12-26)22-21-32-35(40(36(32)42)29-17-15-28(39)16-18-29)31-20-19-30(41(43)44)23-34(31)45-24-25-9-7-6-8-10-25/h6-20,23,32-33,35H,21-22,24H2,1-5H3/t32?,33-,35+/m0/s1. The maximum absolute atomic E-state index is 13.9. The molecular weight excluding hydrogens is 618 g/mol. The third-order valence-electron chi connectivity index (χ3n) is 9.31. The minimum Gasteiger partial charge on any atom is -0.488 e. The Morgan fingerprint density at radius 2 is 1.53 bits per heavy atom. The van der Waals surface area contributed by atoms with E-state index >= 15 is 0 Å². The highest BCUT2D eigenvalue weighted by Gasteiger charge is 2.50. The van der Waals surface area contributed by atoms with Crippen LogP contribution in [0.1, 0.15) is 62.4 Å². The molecule has 47 heavy (non-hydrogen) atoms. The molecule has 0 bridgehead atoms. The minimum absolute atomic E-state index is 0.0801. The van der Waals surface area contributed by atoms with Crippen molar-refractivity contribution < 1.29 is 27.7 Å². The summed E-state index contributed by atoms with van der Waals surface area (Å²) in [7, 11) is -2.28. The van der Waals surface area contributed by atoms with Crippen molar-refractivity contribution in [2.75, 3.05) is 4.90 Å². The zero-order valence-corrected chi connectivity index (χ0v) is 28.3. The van der Waals surface area contributed by atoms with E-state index in [1.165, 1.54) is 36.4 Å². The van der Waals surface area contributed by atoms with E-state index < -0.39 is 31.0 Å². The number of β-lactam (4-membered cyclic amide) rings is 1. The van der Waals surface area contributed by atoms with E-state index in [0.29, 0.717) is 29.8 Å². The van der Waals surface area contributed by atoms with Gasteiger partial charge in [-0.3, -0.25) is 14.9 Å². The molecule has 3 atom stereocenters. The van der Waals surface area contributed by atoms with Gasteiger partial charge in [0.15, 0.2) is 8.32 Å². The van der Waals surface area contributed by atoms with E-state index in [1.54, 1.807) is 35.2 Å². The molecule has 10 heteroatoms. The molecular formula is C37H40F2N2O5Si. The highest BCUT2D eigenvalue weighted by molar-refractivity contribution is 6.74. The summed E-state index contributed by atoms with van der Waals surface area (Å²) in [6, 6.07) is 25.3. The summed E-state index contributed by atoms with van der Waals surface area (Å²) in [5.41, 5.74) is 2.71. The van der Waals surface area contributed by atoms with E-state index in [2.05, 4.69) is 33.9 Å². The molecule has 1 heterocycles. The largest absolute Gasteiger partial charge is 0.488 e. The maximum atomic E-state index is 13.9. The molecule has 246 valence electrons. The SMILES string of the molecule is CC(C)(C)[Si](C)(C)O[C@@H](CCC1C(=O)N(c2ccc(F)cc2)[C@@H]1c1ccc([N+](=O)[O-])cc1OCc1ccccc1)c1ccc(F)cc1. The summed E-state index contributed by atoms with van der Waals surface area (Å²) in [6.45, 7) is 10.9. The Kier molecular flexibility index (Phi) is 9.93. The van der Waals surface area contributed by atoms with Gasteiger partial charge in [-0.15, -0.1) is 0 Å². The van der Waals surface area contributed by atoms with Crippen LogP contribution in [0.15, 0.2) is 97.1 Å². The van der Waals surface area contributed by atoms with Crippen molar-refractivity contribution in [2.45, 2.75) is 70.5 Å². The number of nitrogens with zero attached hydrogens (tertiary/aromatic N) is 2. The Labute approximate surface area is 275 Å². The van der Waals surface area contributed by atoms with Crippen molar-refractivity contribution in [3.8, 4) is 5.75 Å². The Bertz CT molecular complexity index is 1710. The lowest BCUT2D eigenvalue weighted by atomic mass is 9.78. The molecule has 1 aliphatic heterocycles. The van der Waals surface area contributed by atoms with Crippen LogP contribution in [0.4, 0.5) is 20.2 Å². The van der Waals surface area contributed by atoms with Gasteiger partial charge in [-0.05, 0) is 84.6 Å². The van der Waals surface area contributed by atoms with E-state index in [1.807, 2.05) is 30.3 Å². The fourth-order valence-electron chi connectivity index (χ4n) is 5.65. The molecule has 7 nitrogen and oxygen atoms in total. The van der Waals surface area contributed by atoms with E-state index in [0.717, 1.165) is 11.1 Å². The van der Waals surface area contributed by atoms with Gasteiger partial charge in [0.25, 0.3) is 5.69 Å². The molecule has 1 unspecified atom stereocenters. The quantitative estimate of drug-likeness (QED) is 0.0655. The lowest BCUT2D eigenvalue weighted by Gasteiger charge is -2.48. The first-order valence-corrected chi connectivity index (χ1v) is 18.6. The number of rotatable bonds is 12. The highest BCUT2D eigenvalue weighted by Crippen LogP contribution is 2.50. The van der Waals surface area contributed by atoms with Gasteiger partial charge in [0, 0.05) is 17.3 Å². The topological polar surface area (TPSA) is 81.9 Å². The van der Waals surface area contributed by atoms with Crippen LogP contribution < -0.4 is 9.64 Å². The number of amides is 1. The second-order valence-electron chi connectivity index (χ2n) is 13.5. The Hall–Kier alpha value is -4.41. The normalized spacial score (nSPS) is 17.3. The lowest BCUT2D eigenvalue weighted by molar-refractivity contribution is -0.385. The lowest BCUT2D eigenvalue weighted by Crippen LogP contribution is -2.55. The molecule has 4 aromatic carbocycles. The van der Waals surface area contributed by atoms with Gasteiger partial charge in [0.1, 0.15) is 24.0 Å². The van der Waals surface area contributed by atoms with Crippen molar-refractivity contribution >= 4 is 25.6 Å². The van der Waals surface area contributed by atoms with Crippen molar-refractivity contribution in [3.63, 3.8) is 0 Å². The van der Waals surface area contributed by atoms with E-state index in [9.17, 15) is 23.7 Å². The number of non-ortho nitro benzene ring substituents is 1. The number of ether oxygens (including phenoxy) is 1. The van der Waals surface area contributed by atoms with Crippen LogP contribution in [0.25, 0.3) is 0 Å². The molecule has 1 saturated heterocycles. The zero-order valence-electron chi connectivity index (χ0n) is 27.3. The van der Waals surface area contributed by atoms with E-state index in [4.69, 9.17) is 9.16 Å². The van der Waals surface area contributed by atoms with Crippen LogP contribution in [0.3, 0.4) is 0 Å². The Balaban J connectivity index is 1.51. The second-order valence-corrected chi connectivity index (χ2v) is 18.2. The van der Waals surface area contributed by atoms with Crippen molar-refractivity contribution in [1.29, 1.82) is 0 Å². The molecule has 0 saturated carbocycles. The minimum atomic E-state index is -2.28. The Morgan fingerprint density at radius 3 is 2.13 bits per heavy atom. The number of carbonyl (C=O) groups is 1. The predicted molar refractivity (Wildman–Crippen MR) is 181 cm³/mol. The summed E-state index contributed by atoms with van der Waals surface area (Å²) in [5, 5.41) is 11.7. The van der Waals surface area contributed by atoms with Gasteiger partial charge in [0.05, 0.1) is 29.1 Å². The van der Waals surface area contributed by atoms with Crippen molar-refractivity contribution in [2.24, 2.45) is 5.92 Å². The van der Waals surface area contributed by atoms with Gasteiger partial charge in [-0.25, -0.2) is 8.78 Å². The third-order valence-corrected chi connectivity index (χ3v) is 13.8. The molecule has 1 aliphatic rings. The van der Waals surface area contributed by atoms with Crippen LogP contribution in [0.5, 0.6) is 5.75 Å². The number of hydrogen-bond donors (Lipinski definition) is 0. The van der Waals surface area contributed by atoms with Gasteiger partial charge in [0.2, 0.25) is 5.91 Å². The maximum Gasteiger partial charge on any atom is 0.273 e. The fourth-order valence-corrected chi connectivity index (χ4v) is 6.97. The first-order chi connectivity index (χ1) is 22.2. The molecule has 0 N–H and O–H groups in total. The average Bonchev–Trinajstić information content (AvgIpc) is 3.03. The van der Waals surface area contributed by atoms with Crippen LogP contribution in [-0.4, -0.2) is 19.1 Å². The number of benzene rings is 4. The Morgan fingerprint density at radius 1 is 0.915 bits per heavy atom. The summed E-state index contributed by atoms with van der Waals surface area (Å²) in [4.78, 5) is 26.8. The number of carbonyl (C=O) groups excluding carboxylic acids is 1. The van der Waals surface area contributed by atoms with E-state index in [-0.39, 0.29) is 35.2 Å². The molecule has 0 radical (unpaired) electrons. The van der Waals surface area contributed by atoms with Crippen LogP contribution >= 0.6 is 0 Å². The summed E-state index contributed by atoms with van der Waals surface area (Å²) in [5.74, 6) is -1.15. The predicted octanol–water partition coefficient (Wildman–Crippen LogP) is 9.70. The number of halogens is 2. The number of nitro benzene ring substituents is 1. The van der Waals surface area contributed by atoms with Gasteiger partial charge in [-0.1, -0.05) is 63.2 Å². The third kappa shape index (κ3) is 7.60. The average molecular weight is 659 g/mol. The smallest absolute Gasteiger partial charge is 0.273 e. The highest BCUT2D eigenvalue weighted by atomic mass is 28.4. The zero-order chi connectivity index (χ0) is 33.9. The van der Waals surface area contributed by atoms with Gasteiger partial charge >= 0.3 is 0 Å². The van der Waals surface area contributed by atoms with Crippen LogP contribution in [-0.2, 0) is 15.8 Å². The summed E-state index contributed by atoms with van der Waals surface area (Å²) >= 11 is 0. The first-order valence-electron chi connectivity index (χ1n) is 15.7. The molecule has 1 fully saturated rings. The molecule has 0 aromatic heterocycles. The first kappa shape index (κ1) is 33.9. The van der Waals surface area contributed by atoms with Crippen LogP contribution in [0.2, 0.25) is 18.1 Å². The molecule has 5 rings (SSSR count). The van der Waals surface area contributed by atoms with Crippen molar-refractivity contribution in [1.82, 2.24) is 0 Å². The van der Waals surface area contributed by atoms with Gasteiger partial charge < -0.3 is 14.1 Å². The molecule has 1 amide bonds. The fraction of sp³-hybridized carbons (Fsp3) is 0.324. The molecule has 4 aromatic rings. The molecule has 0 aliphatic carbocycles. The number of hydrogen-bond acceptors (Lipinski definition) is 5. The molecule has 0 spiro atoms. The van der Waals surface area contributed by atoms with Crippen molar-refractivity contribution in [3.05, 3.63) is 136 Å². The van der Waals surface area contributed by atoms with Gasteiger partial charge in [-0.2, -0.15) is 0 Å². The van der Waals surface area contributed by atoms with Crippen LogP contribution in [0, 0.1) is 27.7 Å². The summed E-state index contributed by atoms with van der Waals surface area (Å²) in [6.07, 6.45) is 0.526. The second kappa shape index (κ2) is 13.7. The monoisotopic (exact) mass is 658 g/mol. The number of nitro groups is 1.